The van der Waals surface area contributed by atoms with Crippen molar-refractivity contribution in [2.75, 3.05) is 6.54 Å². The standard InChI is InChI=1S/C26H21ClN4O4/c27-20-11-5-3-10-18(20)22-13-19(15-7-4-6-12-21(15)28-22)24(33)30-29-23(32)14-31-25(34)16-8-1-2-9-17(16)26(31)35/h1-7,10-13,16-17H,8-9,14H2,(H,29,32)(H,30,33)/t16-,17-/m1/s1. The van der Waals surface area contributed by atoms with E-state index in [1.165, 1.54) is 0 Å². The third-order valence-corrected chi connectivity index (χ3v) is 6.66. The number of hydrogen-bond acceptors (Lipinski definition) is 5. The number of fused-ring (bicyclic) bond motifs is 2. The Bertz CT molecular complexity index is 1380. The highest BCUT2D eigenvalue weighted by Gasteiger charge is 2.47. The molecule has 0 unspecified atom stereocenters. The van der Waals surface area contributed by atoms with Crippen molar-refractivity contribution in [3.05, 3.63) is 77.3 Å². The molecule has 1 saturated heterocycles. The molecule has 8 nitrogen and oxygen atoms in total. The topological polar surface area (TPSA) is 108 Å². The highest BCUT2D eigenvalue weighted by molar-refractivity contribution is 6.33. The lowest BCUT2D eigenvalue weighted by Gasteiger charge is -2.15. The molecule has 0 saturated carbocycles. The summed E-state index contributed by atoms with van der Waals surface area (Å²) < 4.78 is 0. The quantitative estimate of drug-likeness (QED) is 0.333. The van der Waals surface area contributed by atoms with Crippen LogP contribution in [0.15, 0.2) is 66.7 Å². The van der Waals surface area contributed by atoms with Gasteiger partial charge >= 0.3 is 0 Å². The Morgan fingerprint density at radius 2 is 1.60 bits per heavy atom. The number of rotatable bonds is 4. The third-order valence-electron chi connectivity index (χ3n) is 6.33. The van der Waals surface area contributed by atoms with E-state index in [1.54, 1.807) is 42.5 Å². The Morgan fingerprint density at radius 1 is 0.943 bits per heavy atom. The van der Waals surface area contributed by atoms with Crippen LogP contribution in [0.5, 0.6) is 0 Å². The second-order valence-electron chi connectivity index (χ2n) is 8.47. The van der Waals surface area contributed by atoms with Crippen molar-refractivity contribution < 1.29 is 19.2 Å². The van der Waals surface area contributed by atoms with Crippen LogP contribution in [0, 0.1) is 11.8 Å². The molecule has 2 aliphatic rings. The molecule has 1 fully saturated rings. The molecule has 1 aliphatic carbocycles. The highest BCUT2D eigenvalue weighted by Crippen LogP contribution is 2.35. The van der Waals surface area contributed by atoms with Crippen LogP contribution < -0.4 is 10.9 Å². The van der Waals surface area contributed by atoms with Gasteiger partial charge in [0.15, 0.2) is 0 Å². The van der Waals surface area contributed by atoms with Crippen LogP contribution in [0.3, 0.4) is 0 Å². The summed E-state index contributed by atoms with van der Waals surface area (Å²) in [6, 6.07) is 15.9. The Labute approximate surface area is 205 Å². The van der Waals surface area contributed by atoms with Crippen molar-refractivity contribution in [2.24, 2.45) is 11.8 Å². The van der Waals surface area contributed by atoms with E-state index in [0.717, 1.165) is 4.90 Å². The predicted octanol–water partition coefficient (Wildman–Crippen LogP) is 3.27. The number of benzene rings is 2. The number of amides is 4. The fourth-order valence-corrected chi connectivity index (χ4v) is 4.80. The van der Waals surface area contributed by atoms with Gasteiger partial charge in [-0.15, -0.1) is 0 Å². The van der Waals surface area contributed by atoms with E-state index in [9.17, 15) is 19.2 Å². The fourth-order valence-electron chi connectivity index (χ4n) is 4.57. The zero-order valence-corrected chi connectivity index (χ0v) is 19.3. The fraction of sp³-hybridized carbons (Fsp3) is 0.192. The molecule has 1 aromatic heterocycles. The highest BCUT2D eigenvalue weighted by atomic mass is 35.5. The van der Waals surface area contributed by atoms with Crippen molar-refractivity contribution in [1.82, 2.24) is 20.7 Å². The maximum atomic E-state index is 13.1. The van der Waals surface area contributed by atoms with Crippen LogP contribution in [0.2, 0.25) is 5.02 Å². The average molecular weight is 489 g/mol. The van der Waals surface area contributed by atoms with Crippen LogP contribution in [-0.4, -0.2) is 40.1 Å². The van der Waals surface area contributed by atoms with Gasteiger partial charge in [0.05, 0.1) is 28.6 Å². The van der Waals surface area contributed by atoms with Crippen LogP contribution in [0.1, 0.15) is 23.2 Å². The van der Waals surface area contributed by atoms with E-state index >= 15 is 0 Å². The maximum absolute atomic E-state index is 13.1. The van der Waals surface area contributed by atoms with E-state index in [0.29, 0.717) is 40.0 Å². The first-order chi connectivity index (χ1) is 16.9. The Hall–Kier alpha value is -4.04. The summed E-state index contributed by atoms with van der Waals surface area (Å²) in [6.45, 7) is -0.451. The van der Waals surface area contributed by atoms with E-state index < -0.39 is 30.2 Å². The SMILES string of the molecule is O=C(CN1C(=O)[C@@H]2CC=CC[C@H]2C1=O)NNC(=O)c1cc(-c2ccccc2Cl)nc2ccccc12. The number of hydrogen-bond donors (Lipinski definition) is 2. The summed E-state index contributed by atoms with van der Waals surface area (Å²) in [5.74, 6) is -2.77. The monoisotopic (exact) mass is 488 g/mol. The number of likely N-dealkylation sites (tertiary alicyclic amines) is 1. The van der Waals surface area contributed by atoms with Crippen molar-refractivity contribution in [1.29, 1.82) is 0 Å². The van der Waals surface area contributed by atoms with Gasteiger partial charge in [-0.1, -0.05) is 60.2 Å². The zero-order chi connectivity index (χ0) is 24.5. The van der Waals surface area contributed by atoms with Gasteiger partial charge in [-0.05, 0) is 31.0 Å². The molecule has 5 rings (SSSR count). The van der Waals surface area contributed by atoms with Crippen molar-refractivity contribution >= 4 is 46.1 Å². The van der Waals surface area contributed by atoms with Crippen molar-refractivity contribution in [3.63, 3.8) is 0 Å². The van der Waals surface area contributed by atoms with Crippen LogP contribution in [0.4, 0.5) is 0 Å². The number of carbonyl (C=O) groups is 4. The largest absolute Gasteiger partial charge is 0.274 e. The Balaban J connectivity index is 1.33. The molecule has 2 heterocycles. The molecule has 0 spiro atoms. The average Bonchev–Trinajstić information content (AvgIpc) is 3.12. The molecule has 1 aliphatic heterocycles. The first-order valence-corrected chi connectivity index (χ1v) is 11.6. The van der Waals surface area contributed by atoms with Gasteiger partial charge in [-0.25, -0.2) is 4.98 Å². The number of nitrogens with one attached hydrogen (secondary N) is 2. The minimum atomic E-state index is -0.670. The molecular formula is C26H21ClN4O4. The molecule has 9 heteroatoms. The summed E-state index contributed by atoms with van der Waals surface area (Å²) in [5, 5.41) is 1.09. The first-order valence-electron chi connectivity index (χ1n) is 11.2. The molecular weight excluding hydrogens is 468 g/mol. The van der Waals surface area contributed by atoms with Crippen LogP contribution in [-0.2, 0) is 14.4 Å². The van der Waals surface area contributed by atoms with E-state index in [-0.39, 0.29) is 17.4 Å². The van der Waals surface area contributed by atoms with Crippen molar-refractivity contribution in [3.8, 4) is 11.3 Å². The Kier molecular flexibility index (Phi) is 6.05. The minimum absolute atomic E-state index is 0.288. The lowest BCUT2D eigenvalue weighted by Crippen LogP contribution is -2.48. The van der Waals surface area contributed by atoms with Gasteiger partial charge in [0.25, 0.3) is 11.8 Å². The second-order valence-corrected chi connectivity index (χ2v) is 8.88. The number of carbonyl (C=O) groups excluding carboxylic acids is 4. The second kappa shape index (κ2) is 9.31. The number of pyridine rings is 1. The smallest absolute Gasteiger partial charge is 0.270 e. The van der Waals surface area contributed by atoms with Crippen LogP contribution in [0.25, 0.3) is 22.2 Å². The van der Waals surface area contributed by atoms with Gasteiger partial charge < -0.3 is 0 Å². The lowest BCUT2D eigenvalue weighted by atomic mass is 9.85. The van der Waals surface area contributed by atoms with Gasteiger partial charge in [-0.2, -0.15) is 0 Å². The van der Waals surface area contributed by atoms with Gasteiger partial charge in [0, 0.05) is 16.0 Å². The molecule has 3 aromatic rings. The molecule has 0 radical (unpaired) electrons. The van der Waals surface area contributed by atoms with Gasteiger partial charge in [-0.3, -0.25) is 34.9 Å². The molecule has 176 valence electrons. The Morgan fingerprint density at radius 3 is 2.31 bits per heavy atom. The summed E-state index contributed by atoms with van der Waals surface area (Å²) in [6.07, 6.45) is 4.75. The minimum Gasteiger partial charge on any atom is -0.274 e. The molecule has 35 heavy (non-hydrogen) atoms. The maximum Gasteiger partial charge on any atom is 0.270 e. The van der Waals surface area contributed by atoms with Crippen LogP contribution >= 0.6 is 11.6 Å². The molecule has 4 amide bonds. The summed E-state index contributed by atoms with van der Waals surface area (Å²) in [5.41, 5.74) is 6.76. The molecule has 2 aromatic carbocycles. The number of aromatic nitrogens is 1. The number of hydrazine groups is 1. The number of nitrogens with zero attached hydrogens (tertiary/aromatic N) is 2. The summed E-state index contributed by atoms with van der Waals surface area (Å²) in [7, 11) is 0. The van der Waals surface area contributed by atoms with Gasteiger partial charge in [0.2, 0.25) is 11.8 Å². The summed E-state index contributed by atoms with van der Waals surface area (Å²) >= 11 is 6.33. The van der Waals surface area contributed by atoms with E-state index in [2.05, 4.69) is 15.8 Å². The summed E-state index contributed by atoms with van der Waals surface area (Å²) in [4.78, 5) is 56.3. The lowest BCUT2D eigenvalue weighted by molar-refractivity contribution is -0.143. The zero-order valence-electron chi connectivity index (χ0n) is 18.5. The molecule has 2 N–H and O–H groups in total. The number of halogens is 1. The van der Waals surface area contributed by atoms with E-state index in [4.69, 9.17) is 11.6 Å². The van der Waals surface area contributed by atoms with Gasteiger partial charge in [0.1, 0.15) is 6.54 Å². The molecule has 2 atom stereocenters. The predicted molar refractivity (Wildman–Crippen MR) is 130 cm³/mol. The van der Waals surface area contributed by atoms with Crippen molar-refractivity contribution in [2.45, 2.75) is 12.8 Å². The number of para-hydroxylation sites is 1. The normalized spacial score (nSPS) is 19.1. The van der Waals surface area contributed by atoms with E-state index in [1.807, 2.05) is 24.3 Å². The molecule has 0 bridgehead atoms. The first kappa shape index (κ1) is 22.7. The third kappa shape index (κ3) is 4.28. The number of imide groups is 1. The number of allylic oxidation sites excluding steroid dienone is 2.